The lowest BCUT2D eigenvalue weighted by atomic mass is 9.99. The molecule has 0 amide bonds. The van der Waals surface area contributed by atoms with Crippen molar-refractivity contribution < 1.29 is 8.78 Å². The van der Waals surface area contributed by atoms with Crippen molar-refractivity contribution in [3.05, 3.63) is 51.4 Å². The topological polar surface area (TPSA) is 38.1 Å². The van der Waals surface area contributed by atoms with Crippen LogP contribution in [0.15, 0.2) is 34.0 Å². The van der Waals surface area contributed by atoms with Gasteiger partial charge in [0.05, 0.1) is 10.5 Å². The average Bonchev–Trinajstić information content (AvgIpc) is 2.71. The van der Waals surface area contributed by atoms with Gasteiger partial charge in [-0.05, 0) is 37.0 Å². The van der Waals surface area contributed by atoms with Gasteiger partial charge in [-0.25, -0.2) is 13.6 Å². The molecule has 2 aliphatic heterocycles. The van der Waals surface area contributed by atoms with E-state index in [2.05, 4.69) is 16.8 Å². The first-order valence-corrected chi connectivity index (χ1v) is 11.4. The minimum atomic E-state index is -0.674. The van der Waals surface area contributed by atoms with Crippen LogP contribution in [0.5, 0.6) is 0 Å². The molecule has 0 N–H and O–H groups in total. The number of nitrogens with zero attached hydrogens (tertiary/aromatic N) is 3. The van der Waals surface area contributed by atoms with Crippen molar-refractivity contribution >= 4 is 40.1 Å². The standard InChI is InChI=1S/C22H20ClF2N3OS/c1-12-3-2-6-27(11-12)21-15-10-16(23)18(14-5-4-13(24)9-17(14)25)20-19(15)28(7-8-30-20)22(29)26-21/h4-5,9-10,12H,2-3,6-8,11H2,1H3/t12-/m0/s1. The Hall–Kier alpha value is -2.12. The van der Waals surface area contributed by atoms with Crippen molar-refractivity contribution in [2.24, 2.45) is 5.92 Å². The van der Waals surface area contributed by atoms with Crippen LogP contribution in [-0.2, 0) is 6.54 Å². The molecule has 1 saturated heterocycles. The van der Waals surface area contributed by atoms with Gasteiger partial charge in [-0.15, -0.1) is 11.8 Å². The predicted molar refractivity (Wildman–Crippen MR) is 118 cm³/mol. The molecule has 156 valence electrons. The molecule has 1 atom stereocenters. The largest absolute Gasteiger partial charge is 0.356 e. The van der Waals surface area contributed by atoms with Crippen LogP contribution in [0.3, 0.4) is 0 Å². The molecule has 1 fully saturated rings. The SMILES string of the molecule is C[C@H]1CCCN(c2nc(=O)n3c4c(c(-c5ccc(F)cc5F)c(Cl)cc24)SCC3)C1. The molecule has 3 aromatic rings. The second kappa shape index (κ2) is 7.54. The summed E-state index contributed by atoms with van der Waals surface area (Å²) in [5.41, 5.74) is 1.17. The summed E-state index contributed by atoms with van der Waals surface area (Å²) in [6.45, 7) is 4.40. The van der Waals surface area contributed by atoms with Crippen LogP contribution in [0.25, 0.3) is 22.0 Å². The number of rotatable bonds is 2. The average molecular weight is 448 g/mol. The molecule has 4 nitrogen and oxygen atoms in total. The maximum Gasteiger partial charge on any atom is 0.350 e. The van der Waals surface area contributed by atoms with E-state index in [1.807, 2.05) is 0 Å². The summed E-state index contributed by atoms with van der Waals surface area (Å²) in [5.74, 6) is 0.501. The van der Waals surface area contributed by atoms with Crippen molar-refractivity contribution in [2.75, 3.05) is 23.7 Å². The number of hydrogen-bond donors (Lipinski definition) is 0. The van der Waals surface area contributed by atoms with Crippen LogP contribution >= 0.6 is 23.4 Å². The van der Waals surface area contributed by atoms with Gasteiger partial charge in [0.2, 0.25) is 0 Å². The lowest BCUT2D eigenvalue weighted by Crippen LogP contribution is -2.37. The van der Waals surface area contributed by atoms with E-state index in [1.165, 1.54) is 12.1 Å². The van der Waals surface area contributed by atoms with Crippen molar-refractivity contribution in [3.8, 4) is 11.1 Å². The van der Waals surface area contributed by atoms with Crippen LogP contribution in [-0.4, -0.2) is 28.4 Å². The molecule has 0 unspecified atom stereocenters. The summed E-state index contributed by atoms with van der Waals surface area (Å²) in [6.07, 6.45) is 2.20. The zero-order valence-electron chi connectivity index (χ0n) is 16.4. The van der Waals surface area contributed by atoms with E-state index < -0.39 is 11.6 Å². The Morgan fingerprint density at radius 2 is 2.07 bits per heavy atom. The van der Waals surface area contributed by atoms with Gasteiger partial charge in [0.15, 0.2) is 0 Å². The Morgan fingerprint density at radius 1 is 1.23 bits per heavy atom. The van der Waals surface area contributed by atoms with E-state index >= 15 is 0 Å². The van der Waals surface area contributed by atoms with E-state index in [0.29, 0.717) is 34.6 Å². The zero-order chi connectivity index (χ0) is 21.0. The van der Waals surface area contributed by atoms with Gasteiger partial charge >= 0.3 is 5.69 Å². The smallest absolute Gasteiger partial charge is 0.350 e. The molecule has 0 radical (unpaired) electrons. The highest BCUT2D eigenvalue weighted by Gasteiger charge is 2.28. The zero-order valence-corrected chi connectivity index (χ0v) is 18.0. The lowest BCUT2D eigenvalue weighted by molar-refractivity contribution is 0.444. The first kappa shape index (κ1) is 19.8. The lowest BCUT2D eigenvalue weighted by Gasteiger charge is -2.33. The number of anilines is 1. The molecule has 0 aliphatic carbocycles. The van der Waals surface area contributed by atoms with Crippen LogP contribution < -0.4 is 10.6 Å². The Labute approximate surface area is 181 Å². The van der Waals surface area contributed by atoms with Crippen LogP contribution in [0.2, 0.25) is 5.02 Å². The van der Waals surface area contributed by atoms with Crippen molar-refractivity contribution in [3.63, 3.8) is 0 Å². The molecule has 2 aliphatic rings. The number of benzene rings is 2. The van der Waals surface area contributed by atoms with Crippen molar-refractivity contribution in [2.45, 2.75) is 31.2 Å². The van der Waals surface area contributed by atoms with Crippen LogP contribution in [0, 0.1) is 17.6 Å². The van der Waals surface area contributed by atoms with E-state index in [1.54, 1.807) is 22.4 Å². The molecular formula is C22H20ClF2N3OS. The number of aromatic nitrogens is 2. The fourth-order valence-corrected chi connectivity index (χ4v) is 6.08. The molecule has 8 heteroatoms. The Balaban J connectivity index is 1.81. The number of thioether (sulfide) groups is 1. The van der Waals surface area contributed by atoms with Gasteiger partial charge in [-0.2, -0.15) is 4.98 Å². The maximum atomic E-state index is 14.6. The third kappa shape index (κ3) is 3.19. The number of halogens is 3. The fraction of sp³-hybridized carbons (Fsp3) is 0.364. The molecule has 0 saturated carbocycles. The fourth-order valence-electron chi connectivity index (χ4n) is 4.51. The number of hydrogen-bond acceptors (Lipinski definition) is 4. The van der Waals surface area contributed by atoms with Crippen LogP contribution in [0.4, 0.5) is 14.6 Å². The Kier molecular flexibility index (Phi) is 4.98. The van der Waals surface area contributed by atoms with E-state index in [4.69, 9.17) is 11.6 Å². The summed E-state index contributed by atoms with van der Waals surface area (Å²) in [6, 6.07) is 5.26. The second-order valence-corrected chi connectivity index (χ2v) is 9.51. The summed E-state index contributed by atoms with van der Waals surface area (Å²) in [7, 11) is 0. The molecule has 0 bridgehead atoms. The third-order valence-electron chi connectivity index (χ3n) is 5.87. The summed E-state index contributed by atoms with van der Waals surface area (Å²) < 4.78 is 29.8. The maximum absolute atomic E-state index is 14.6. The Bertz CT molecular complexity index is 1230. The summed E-state index contributed by atoms with van der Waals surface area (Å²) in [4.78, 5) is 20.2. The first-order valence-electron chi connectivity index (χ1n) is 10.0. The minimum absolute atomic E-state index is 0.233. The Morgan fingerprint density at radius 3 is 2.83 bits per heavy atom. The molecule has 3 heterocycles. The van der Waals surface area contributed by atoms with E-state index in [0.717, 1.165) is 47.8 Å². The van der Waals surface area contributed by atoms with Crippen molar-refractivity contribution in [1.82, 2.24) is 9.55 Å². The predicted octanol–water partition coefficient (Wildman–Crippen LogP) is 5.34. The molecule has 5 rings (SSSR count). The summed E-state index contributed by atoms with van der Waals surface area (Å²) >= 11 is 8.23. The normalized spacial score (nSPS) is 18.8. The van der Waals surface area contributed by atoms with Gasteiger partial charge in [-0.1, -0.05) is 18.5 Å². The molecule has 2 aromatic carbocycles. The molecule has 0 spiro atoms. The van der Waals surface area contributed by atoms with E-state index in [9.17, 15) is 13.6 Å². The highest BCUT2D eigenvalue weighted by atomic mass is 35.5. The number of piperidine rings is 1. The van der Waals surface area contributed by atoms with Crippen molar-refractivity contribution in [1.29, 1.82) is 0 Å². The highest BCUT2D eigenvalue weighted by Crippen LogP contribution is 2.46. The van der Waals surface area contributed by atoms with E-state index in [-0.39, 0.29) is 11.3 Å². The minimum Gasteiger partial charge on any atom is -0.356 e. The molecule has 1 aromatic heterocycles. The van der Waals surface area contributed by atoms with Gasteiger partial charge in [-0.3, -0.25) is 4.57 Å². The molecular weight excluding hydrogens is 428 g/mol. The van der Waals surface area contributed by atoms with Gasteiger partial charge in [0.1, 0.15) is 17.5 Å². The van der Waals surface area contributed by atoms with Gasteiger partial charge in [0, 0.05) is 52.9 Å². The second-order valence-electron chi connectivity index (χ2n) is 7.99. The third-order valence-corrected chi connectivity index (χ3v) is 7.24. The van der Waals surface area contributed by atoms with Crippen LogP contribution in [0.1, 0.15) is 19.8 Å². The quantitative estimate of drug-likeness (QED) is 0.531. The highest BCUT2D eigenvalue weighted by molar-refractivity contribution is 7.99. The summed E-state index contributed by atoms with van der Waals surface area (Å²) in [5, 5.41) is 1.18. The van der Waals surface area contributed by atoms with Gasteiger partial charge in [0.25, 0.3) is 0 Å². The monoisotopic (exact) mass is 447 g/mol. The molecule has 30 heavy (non-hydrogen) atoms. The van der Waals surface area contributed by atoms with Gasteiger partial charge < -0.3 is 4.90 Å². The first-order chi connectivity index (χ1) is 14.4. The number of aryl methyl sites for hydroxylation is 1.